The van der Waals surface area contributed by atoms with Gasteiger partial charge in [-0.2, -0.15) is 5.10 Å². The molecule has 104 valence electrons. The quantitative estimate of drug-likeness (QED) is 0.911. The first-order valence-electron chi connectivity index (χ1n) is 6.04. The second-order valence-corrected chi connectivity index (χ2v) is 5.36. The molecular weight excluding hydrogens is 266 g/mol. The number of likely N-dealkylation sites (N-methyl/N-ethyl adjacent to an activating group) is 1. The van der Waals surface area contributed by atoms with Gasteiger partial charge in [0.25, 0.3) is 0 Å². The normalized spacial score (nSPS) is 14.8. The molecule has 1 unspecified atom stereocenters. The lowest BCUT2D eigenvalue weighted by Crippen LogP contribution is -2.29. The maximum atomic E-state index is 10.7. The molecule has 0 amide bonds. The van der Waals surface area contributed by atoms with E-state index in [1.165, 1.54) is 12.5 Å². The van der Waals surface area contributed by atoms with Crippen LogP contribution in [-0.2, 0) is 12.1 Å². The number of rotatable bonds is 5. The van der Waals surface area contributed by atoms with Crippen molar-refractivity contribution in [2.45, 2.75) is 19.1 Å². The second kappa shape index (κ2) is 5.36. The maximum absolute atomic E-state index is 10.7. The first kappa shape index (κ1) is 14.1. The van der Waals surface area contributed by atoms with Crippen molar-refractivity contribution in [1.29, 1.82) is 0 Å². The fourth-order valence-corrected chi connectivity index (χ4v) is 2.31. The Morgan fingerprint density at radius 2 is 2.26 bits per heavy atom. The SMILES string of the molecule is CN(C)CCn1ncc(Cl)c1C(C)(O)c1ccoc1. The minimum absolute atomic E-state index is 0.449. The molecule has 0 spiro atoms. The smallest absolute Gasteiger partial charge is 0.133 e. The molecule has 6 heteroatoms. The highest BCUT2D eigenvalue weighted by Crippen LogP contribution is 2.34. The van der Waals surface area contributed by atoms with Crippen molar-refractivity contribution in [3.8, 4) is 0 Å². The largest absolute Gasteiger partial charge is 0.472 e. The van der Waals surface area contributed by atoms with Gasteiger partial charge in [-0.1, -0.05) is 11.6 Å². The van der Waals surface area contributed by atoms with Gasteiger partial charge in [0.2, 0.25) is 0 Å². The second-order valence-electron chi connectivity index (χ2n) is 4.95. The number of halogens is 1. The minimum Gasteiger partial charge on any atom is -0.472 e. The van der Waals surface area contributed by atoms with E-state index < -0.39 is 5.60 Å². The van der Waals surface area contributed by atoms with E-state index in [0.717, 1.165) is 6.54 Å². The van der Waals surface area contributed by atoms with Gasteiger partial charge in [0.05, 0.1) is 36.0 Å². The molecule has 0 fully saturated rings. The zero-order valence-electron chi connectivity index (χ0n) is 11.3. The minimum atomic E-state index is -1.23. The molecule has 2 heterocycles. The molecule has 0 saturated carbocycles. The van der Waals surface area contributed by atoms with Crippen LogP contribution in [0, 0.1) is 0 Å². The number of hydrogen-bond donors (Lipinski definition) is 1. The van der Waals surface area contributed by atoms with E-state index >= 15 is 0 Å². The topological polar surface area (TPSA) is 54.4 Å². The highest BCUT2D eigenvalue weighted by Gasteiger charge is 2.33. The lowest BCUT2D eigenvalue weighted by Gasteiger charge is -2.24. The molecule has 1 atom stereocenters. The van der Waals surface area contributed by atoms with E-state index in [9.17, 15) is 5.11 Å². The van der Waals surface area contributed by atoms with E-state index in [4.69, 9.17) is 16.0 Å². The third-order valence-corrected chi connectivity index (χ3v) is 3.37. The number of nitrogens with zero attached hydrogens (tertiary/aromatic N) is 3. The van der Waals surface area contributed by atoms with Crippen molar-refractivity contribution < 1.29 is 9.52 Å². The molecule has 0 aliphatic heterocycles. The van der Waals surface area contributed by atoms with Crippen LogP contribution in [0.15, 0.2) is 29.2 Å². The molecule has 1 N–H and O–H groups in total. The molecule has 0 aliphatic rings. The van der Waals surface area contributed by atoms with Crippen molar-refractivity contribution in [2.24, 2.45) is 0 Å². The highest BCUT2D eigenvalue weighted by molar-refractivity contribution is 6.31. The average Bonchev–Trinajstić information content (AvgIpc) is 2.95. The average molecular weight is 284 g/mol. The van der Waals surface area contributed by atoms with Crippen LogP contribution in [0.4, 0.5) is 0 Å². The molecule has 2 aromatic rings. The van der Waals surface area contributed by atoms with Crippen molar-refractivity contribution in [3.63, 3.8) is 0 Å². The van der Waals surface area contributed by atoms with Gasteiger partial charge < -0.3 is 14.4 Å². The fraction of sp³-hybridized carbons (Fsp3) is 0.462. The summed E-state index contributed by atoms with van der Waals surface area (Å²) < 4.78 is 6.77. The Kier molecular flexibility index (Phi) is 3.99. The predicted molar refractivity (Wildman–Crippen MR) is 73.2 cm³/mol. The van der Waals surface area contributed by atoms with Crippen molar-refractivity contribution in [1.82, 2.24) is 14.7 Å². The summed E-state index contributed by atoms with van der Waals surface area (Å²) in [5.41, 5.74) is 0.00538. The molecule has 0 radical (unpaired) electrons. The monoisotopic (exact) mass is 283 g/mol. The van der Waals surface area contributed by atoms with Gasteiger partial charge in [-0.3, -0.25) is 4.68 Å². The summed E-state index contributed by atoms with van der Waals surface area (Å²) in [5.74, 6) is 0. The van der Waals surface area contributed by atoms with Crippen LogP contribution in [0.25, 0.3) is 0 Å². The van der Waals surface area contributed by atoms with Gasteiger partial charge in [0.1, 0.15) is 5.60 Å². The molecule has 0 bridgehead atoms. The summed E-state index contributed by atoms with van der Waals surface area (Å²) in [6, 6.07) is 1.72. The van der Waals surface area contributed by atoms with E-state index in [1.54, 1.807) is 23.9 Å². The van der Waals surface area contributed by atoms with Crippen LogP contribution in [0.1, 0.15) is 18.2 Å². The van der Waals surface area contributed by atoms with Gasteiger partial charge in [0, 0.05) is 12.1 Å². The summed E-state index contributed by atoms with van der Waals surface area (Å²) in [5, 5.41) is 15.4. The summed E-state index contributed by atoms with van der Waals surface area (Å²) in [7, 11) is 3.97. The van der Waals surface area contributed by atoms with Gasteiger partial charge in [-0.25, -0.2) is 0 Å². The third-order valence-electron chi connectivity index (χ3n) is 3.10. The Morgan fingerprint density at radius 3 is 2.84 bits per heavy atom. The van der Waals surface area contributed by atoms with Gasteiger partial charge in [-0.15, -0.1) is 0 Å². The molecule has 2 aromatic heterocycles. The molecule has 19 heavy (non-hydrogen) atoms. The molecule has 2 rings (SSSR count). The van der Waals surface area contributed by atoms with E-state index in [-0.39, 0.29) is 0 Å². The molecule has 0 aromatic carbocycles. The Labute approximate surface area is 117 Å². The Morgan fingerprint density at radius 1 is 1.53 bits per heavy atom. The number of furan rings is 1. The number of hydrogen-bond acceptors (Lipinski definition) is 4. The van der Waals surface area contributed by atoms with Gasteiger partial charge in [0.15, 0.2) is 0 Å². The molecule has 0 aliphatic carbocycles. The van der Waals surface area contributed by atoms with Crippen molar-refractivity contribution >= 4 is 11.6 Å². The highest BCUT2D eigenvalue weighted by atomic mass is 35.5. The Bertz CT molecular complexity index is 532. The number of aliphatic hydroxyl groups is 1. The standard InChI is InChI=1S/C13H18ClN3O2/c1-13(18,10-4-7-19-9-10)12-11(14)8-15-17(12)6-5-16(2)3/h4,7-9,18H,5-6H2,1-3H3. The van der Waals surface area contributed by atoms with Crippen molar-refractivity contribution in [3.05, 3.63) is 41.1 Å². The molecule has 5 nitrogen and oxygen atoms in total. The number of aromatic nitrogens is 2. The van der Waals surface area contributed by atoms with E-state index in [2.05, 4.69) is 5.10 Å². The van der Waals surface area contributed by atoms with E-state index in [1.807, 2.05) is 19.0 Å². The summed E-state index contributed by atoms with van der Waals surface area (Å²) in [6.45, 7) is 3.16. The van der Waals surface area contributed by atoms with Crippen LogP contribution < -0.4 is 0 Å². The summed E-state index contributed by atoms with van der Waals surface area (Å²) in [6.07, 6.45) is 4.60. The lowest BCUT2D eigenvalue weighted by atomic mass is 9.95. The van der Waals surface area contributed by atoms with E-state index in [0.29, 0.717) is 22.8 Å². The molecular formula is C13H18ClN3O2. The van der Waals surface area contributed by atoms with Gasteiger partial charge >= 0.3 is 0 Å². The zero-order valence-corrected chi connectivity index (χ0v) is 12.1. The zero-order chi connectivity index (χ0) is 14.0. The first-order chi connectivity index (χ1) is 8.93. The lowest BCUT2D eigenvalue weighted by molar-refractivity contribution is 0.0903. The van der Waals surface area contributed by atoms with Crippen LogP contribution in [-0.4, -0.2) is 40.4 Å². The van der Waals surface area contributed by atoms with Gasteiger partial charge in [-0.05, 0) is 27.1 Å². The fourth-order valence-electron chi connectivity index (χ4n) is 1.99. The third kappa shape index (κ3) is 2.83. The molecule has 0 saturated heterocycles. The first-order valence-corrected chi connectivity index (χ1v) is 6.42. The summed E-state index contributed by atoms with van der Waals surface area (Å²) in [4.78, 5) is 2.05. The van der Waals surface area contributed by atoms with Crippen LogP contribution in [0.5, 0.6) is 0 Å². The Hall–Kier alpha value is -1.30. The van der Waals surface area contributed by atoms with Crippen molar-refractivity contribution in [2.75, 3.05) is 20.6 Å². The Balaban J connectivity index is 2.36. The van der Waals surface area contributed by atoms with Crippen LogP contribution in [0.3, 0.4) is 0 Å². The van der Waals surface area contributed by atoms with Crippen LogP contribution in [0.2, 0.25) is 5.02 Å². The predicted octanol–water partition coefficient (Wildman–Crippen LogP) is 1.95. The maximum Gasteiger partial charge on any atom is 0.133 e. The van der Waals surface area contributed by atoms with Crippen LogP contribution >= 0.6 is 11.6 Å². The summed E-state index contributed by atoms with van der Waals surface area (Å²) >= 11 is 6.17.